The molecule has 0 aromatic heterocycles. The van der Waals surface area contributed by atoms with Crippen molar-refractivity contribution in [2.75, 3.05) is 6.61 Å². The van der Waals surface area contributed by atoms with Crippen LogP contribution in [-0.4, -0.2) is 39.4 Å². The van der Waals surface area contributed by atoms with Gasteiger partial charge in [0.05, 0.1) is 6.04 Å². The van der Waals surface area contributed by atoms with Crippen LogP contribution in [0.25, 0.3) is 0 Å². The van der Waals surface area contributed by atoms with Gasteiger partial charge in [0, 0.05) is 18.1 Å². The fourth-order valence-corrected chi connectivity index (χ4v) is 2.01. The minimum absolute atomic E-state index is 0.0879. The zero-order valence-electron chi connectivity index (χ0n) is 9.47. The summed E-state index contributed by atoms with van der Waals surface area (Å²) in [5, 5.41) is 18.1. The Labute approximate surface area is 90.2 Å². The van der Waals surface area contributed by atoms with Gasteiger partial charge in [-0.2, -0.15) is 0 Å². The van der Waals surface area contributed by atoms with Gasteiger partial charge in [0.2, 0.25) is 0 Å². The van der Waals surface area contributed by atoms with Crippen LogP contribution >= 0.6 is 0 Å². The molecule has 0 aliphatic heterocycles. The van der Waals surface area contributed by atoms with Crippen molar-refractivity contribution < 1.29 is 15.0 Å². The van der Waals surface area contributed by atoms with E-state index >= 15 is 0 Å². The number of carbonyl (C=O) groups is 1. The minimum Gasteiger partial charge on any atom is -0.465 e. The highest BCUT2D eigenvalue weighted by Gasteiger charge is 2.34. The molecule has 1 aliphatic carbocycles. The zero-order valence-corrected chi connectivity index (χ0v) is 9.47. The Balaban J connectivity index is 2.77. The second kappa shape index (κ2) is 4.23. The van der Waals surface area contributed by atoms with E-state index in [4.69, 9.17) is 10.2 Å². The number of aliphatic hydroxyl groups excluding tert-OH is 1. The van der Waals surface area contributed by atoms with Crippen molar-refractivity contribution in [3.63, 3.8) is 0 Å². The Morgan fingerprint density at radius 2 is 2.07 bits per heavy atom. The molecule has 0 heterocycles. The summed E-state index contributed by atoms with van der Waals surface area (Å²) >= 11 is 0. The van der Waals surface area contributed by atoms with Gasteiger partial charge in [-0.15, -0.1) is 0 Å². The summed E-state index contributed by atoms with van der Waals surface area (Å²) in [7, 11) is 0. The molecule has 0 radical (unpaired) electrons. The standard InChI is InChI=1S/C11H19NO3/c1-11(2,3)12(10(14)15)9-5-4-8(6-9)7-13/h4-5,8-9,13H,6-7H2,1-3H3,(H,14,15)/t8-,9+/m0/s1. The highest BCUT2D eigenvalue weighted by molar-refractivity contribution is 5.67. The Morgan fingerprint density at radius 3 is 2.40 bits per heavy atom. The quantitative estimate of drug-likeness (QED) is 0.686. The average Bonchev–Trinajstić information content (AvgIpc) is 2.49. The average molecular weight is 213 g/mol. The molecule has 0 spiro atoms. The van der Waals surface area contributed by atoms with Gasteiger partial charge in [0.25, 0.3) is 0 Å². The van der Waals surface area contributed by atoms with Crippen molar-refractivity contribution >= 4 is 6.09 Å². The molecule has 1 aliphatic rings. The Morgan fingerprint density at radius 1 is 1.47 bits per heavy atom. The van der Waals surface area contributed by atoms with E-state index in [1.165, 1.54) is 4.90 Å². The molecule has 86 valence electrons. The summed E-state index contributed by atoms with van der Waals surface area (Å²) in [6, 6.07) is -0.111. The summed E-state index contributed by atoms with van der Waals surface area (Å²) in [4.78, 5) is 12.6. The third-order valence-corrected chi connectivity index (χ3v) is 2.64. The Bertz CT molecular complexity index is 267. The number of rotatable bonds is 2. The third kappa shape index (κ3) is 2.72. The summed E-state index contributed by atoms with van der Waals surface area (Å²) in [5.74, 6) is 0.0965. The first-order chi connectivity index (χ1) is 6.86. The van der Waals surface area contributed by atoms with Crippen LogP contribution in [0.5, 0.6) is 0 Å². The molecule has 0 aromatic carbocycles. The summed E-state index contributed by atoms with van der Waals surface area (Å²) in [6.07, 6.45) is 3.54. The maximum absolute atomic E-state index is 11.2. The lowest BCUT2D eigenvalue weighted by Gasteiger charge is -2.37. The van der Waals surface area contributed by atoms with E-state index < -0.39 is 11.6 Å². The van der Waals surface area contributed by atoms with E-state index in [9.17, 15) is 4.79 Å². The van der Waals surface area contributed by atoms with Crippen LogP contribution < -0.4 is 0 Å². The van der Waals surface area contributed by atoms with Crippen LogP contribution in [0.2, 0.25) is 0 Å². The molecule has 0 bridgehead atoms. The summed E-state index contributed by atoms with van der Waals surface area (Å²) in [6.45, 7) is 5.72. The Hall–Kier alpha value is -1.03. The van der Waals surface area contributed by atoms with Crippen molar-refractivity contribution in [3.8, 4) is 0 Å². The van der Waals surface area contributed by atoms with Crippen LogP contribution in [-0.2, 0) is 0 Å². The van der Waals surface area contributed by atoms with Gasteiger partial charge in [-0.1, -0.05) is 12.2 Å². The zero-order chi connectivity index (χ0) is 11.6. The maximum atomic E-state index is 11.2. The SMILES string of the molecule is CC(C)(C)N(C(=O)O)[C@@H]1C=C[C@H](CO)C1. The van der Waals surface area contributed by atoms with E-state index in [1.54, 1.807) is 0 Å². The first-order valence-corrected chi connectivity index (χ1v) is 5.17. The smallest absolute Gasteiger partial charge is 0.408 e. The van der Waals surface area contributed by atoms with Gasteiger partial charge in [-0.05, 0) is 27.2 Å². The topological polar surface area (TPSA) is 60.8 Å². The molecular formula is C11H19NO3. The van der Waals surface area contributed by atoms with Gasteiger partial charge in [-0.3, -0.25) is 4.90 Å². The molecule has 0 fully saturated rings. The minimum atomic E-state index is -0.907. The van der Waals surface area contributed by atoms with Crippen molar-refractivity contribution in [3.05, 3.63) is 12.2 Å². The number of nitrogens with zero attached hydrogens (tertiary/aromatic N) is 1. The van der Waals surface area contributed by atoms with Crippen LogP contribution in [0.15, 0.2) is 12.2 Å². The van der Waals surface area contributed by atoms with Gasteiger partial charge in [-0.25, -0.2) is 4.79 Å². The lowest BCUT2D eigenvalue weighted by Crippen LogP contribution is -2.50. The van der Waals surface area contributed by atoms with E-state index in [1.807, 2.05) is 32.9 Å². The first-order valence-electron chi connectivity index (χ1n) is 5.17. The van der Waals surface area contributed by atoms with Gasteiger partial charge in [0.15, 0.2) is 0 Å². The summed E-state index contributed by atoms with van der Waals surface area (Å²) < 4.78 is 0. The van der Waals surface area contributed by atoms with Crippen molar-refractivity contribution in [1.82, 2.24) is 4.90 Å². The van der Waals surface area contributed by atoms with E-state index in [2.05, 4.69) is 0 Å². The molecule has 0 unspecified atom stereocenters. The molecule has 15 heavy (non-hydrogen) atoms. The molecule has 4 heteroatoms. The predicted octanol–water partition coefficient (Wildman–Crippen LogP) is 1.70. The van der Waals surface area contributed by atoms with Crippen molar-refractivity contribution in [2.24, 2.45) is 5.92 Å². The Kier molecular flexibility index (Phi) is 3.39. The summed E-state index contributed by atoms with van der Waals surface area (Å²) in [5.41, 5.74) is -0.412. The third-order valence-electron chi connectivity index (χ3n) is 2.64. The molecule has 2 atom stereocenters. The predicted molar refractivity (Wildman–Crippen MR) is 57.7 cm³/mol. The first kappa shape index (κ1) is 12.0. The second-order valence-electron chi connectivity index (χ2n) is 4.95. The van der Waals surface area contributed by atoms with Crippen molar-refractivity contribution in [1.29, 1.82) is 0 Å². The second-order valence-corrected chi connectivity index (χ2v) is 4.95. The van der Waals surface area contributed by atoms with Crippen LogP contribution in [0, 0.1) is 5.92 Å². The molecule has 0 aromatic rings. The van der Waals surface area contributed by atoms with Gasteiger partial charge < -0.3 is 10.2 Å². The molecule has 0 saturated carbocycles. The number of hydrogen-bond acceptors (Lipinski definition) is 2. The highest BCUT2D eigenvalue weighted by Crippen LogP contribution is 2.27. The fourth-order valence-electron chi connectivity index (χ4n) is 2.01. The lowest BCUT2D eigenvalue weighted by atomic mass is 10.0. The molecular weight excluding hydrogens is 194 g/mol. The van der Waals surface area contributed by atoms with Crippen LogP contribution in [0.1, 0.15) is 27.2 Å². The number of carboxylic acid groups (broad SMARTS) is 1. The van der Waals surface area contributed by atoms with Crippen LogP contribution in [0.4, 0.5) is 4.79 Å². The van der Waals surface area contributed by atoms with Gasteiger partial charge >= 0.3 is 6.09 Å². The lowest BCUT2D eigenvalue weighted by molar-refractivity contribution is 0.0784. The molecule has 0 saturated heterocycles. The number of hydrogen-bond donors (Lipinski definition) is 2. The molecule has 1 rings (SSSR count). The van der Waals surface area contributed by atoms with Crippen LogP contribution in [0.3, 0.4) is 0 Å². The fraction of sp³-hybridized carbons (Fsp3) is 0.727. The normalized spacial score (nSPS) is 25.6. The van der Waals surface area contributed by atoms with E-state index in [0.29, 0.717) is 6.42 Å². The van der Waals surface area contributed by atoms with E-state index in [-0.39, 0.29) is 18.6 Å². The van der Waals surface area contributed by atoms with Gasteiger partial charge in [0.1, 0.15) is 0 Å². The maximum Gasteiger partial charge on any atom is 0.408 e. The van der Waals surface area contributed by atoms with E-state index in [0.717, 1.165) is 0 Å². The van der Waals surface area contributed by atoms with Crippen molar-refractivity contribution in [2.45, 2.75) is 38.8 Å². The largest absolute Gasteiger partial charge is 0.465 e. The molecule has 2 N–H and O–H groups in total. The molecule has 4 nitrogen and oxygen atoms in total. The number of aliphatic hydroxyl groups is 1. The number of amides is 1. The monoisotopic (exact) mass is 213 g/mol. The molecule has 1 amide bonds. The highest BCUT2D eigenvalue weighted by atomic mass is 16.4.